The van der Waals surface area contributed by atoms with E-state index in [2.05, 4.69) is 10.2 Å². The molecule has 1 N–H and O–H groups in total. The van der Waals surface area contributed by atoms with Crippen LogP contribution in [0.15, 0.2) is 52.9 Å². The number of rotatable bonds is 7. The van der Waals surface area contributed by atoms with Gasteiger partial charge in [-0.25, -0.2) is 0 Å². The van der Waals surface area contributed by atoms with Crippen molar-refractivity contribution in [2.75, 3.05) is 18.4 Å². The highest BCUT2D eigenvalue weighted by Crippen LogP contribution is 2.32. The van der Waals surface area contributed by atoms with E-state index in [0.29, 0.717) is 12.3 Å². The molecular formula is C25H27N3O5. The summed E-state index contributed by atoms with van der Waals surface area (Å²) >= 11 is 0. The first-order valence-electron chi connectivity index (χ1n) is 11.0. The van der Waals surface area contributed by atoms with Gasteiger partial charge in [0.2, 0.25) is 0 Å². The van der Waals surface area contributed by atoms with Crippen LogP contribution >= 0.6 is 0 Å². The number of nitrogens with zero attached hydrogens (tertiary/aromatic N) is 2. The molecule has 33 heavy (non-hydrogen) atoms. The van der Waals surface area contributed by atoms with Gasteiger partial charge in [0.1, 0.15) is 17.3 Å². The normalized spacial score (nSPS) is 14.1. The fourth-order valence-electron chi connectivity index (χ4n) is 3.88. The monoisotopic (exact) mass is 449 g/mol. The quantitative estimate of drug-likeness (QED) is 0.360. The fraction of sp³-hybridized carbons (Fsp3) is 0.320. The molecule has 3 aromatic rings. The number of amides is 1. The lowest BCUT2D eigenvalue weighted by atomic mass is 10.1. The third-order valence-corrected chi connectivity index (χ3v) is 5.65. The summed E-state index contributed by atoms with van der Waals surface area (Å²) in [6, 6.07) is 13.4. The minimum absolute atomic E-state index is 0.158. The zero-order valence-corrected chi connectivity index (χ0v) is 18.8. The minimum Gasteiger partial charge on any atom is -0.457 e. The van der Waals surface area contributed by atoms with Crippen LogP contribution in [0.4, 0.5) is 11.4 Å². The van der Waals surface area contributed by atoms with Gasteiger partial charge in [-0.05, 0) is 69.1 Å². The van der Waals surface area contributed by atoms with Crippen molar-refractivity contribution in [2.45, 2.75) is 39.7 Å². The van der Waals surface area contributed by atoms with Crippen molar-refractivity contribution in [1.29, 1.82) is 0 Å². The van der Waals surface area contributed by atoms with Gasteiger partial charge >= 0.3 is 0 Å². The van der Waals surface area contributed by atoms with E-state index < -0.39 is 10.8 Å². The standard InChI is InChI=1S/C25H27N3O5/c1-17-6-7-18(2)24(12-17)33-22-14-19(13-20(15-22)28(30)31)26-25(29)23-9-8-21(32-23)16-27-10-4-3-5-11-27/h6-9,12-15H,3-5,10-11,16H2,1-2H3,(H,26,29). The molecule has 4 rings (SSSR count). The Hall–Kier alpha value is -3.65. The molecule has 0 spiro atoms. The summed E-state index contributed by atoms with van der Waals surface area (Å²) in [6.45, 7) is 6.55. The number of likely N-dealkylation sites (tertiary alicyclic amines) is 1. The molecule has 8 heteroatoms. The van der Waals surface area contributed by atoms with E-state index in [1.54, 1.807) is 18.2 Å². The van der Waals surface area contributed by atoms with Crippen molar-refractivity contribution >= 4 is 17.3 Å². The lowest BCUT2D eigenvalue weighted by molar-refractivity contribution is -0.384. The summed E-state index contributed by atoms with van der Waals surface area (Å²) in [4.78, 5) is 26.0. The zero-order valence-electron chi connectivity index (χ0n) is 18.8. The highest BCUT2D eigenvalue weighted by molar-refractivity contribution is 6.02. The van der Waals surface area contributed by atoms with Gasteiger partial charge in [0.15, 0.2) is 5.76 Å². The zero-order chi connectivity index (χ0) is 23.4. The van der Waals surface area contributed by atoms with Crippen LogP contribution in [-0.4, -0.2) is 28.8 Å². The number of nitro benzene ring substituents is 1. The molecule has 1 aromatic heterocycles. The van der Waals surface area contributed by atoms with Crippen molar-refractivity contribution in [3.8, 4) is 11.5 Å². The Kier molecular flexibility index (Phi) is 6.74. The van der Waals surface area contributed by atoms with Gasteiger partial charge in [0.05, 0.1) is 23.2 Å². The maximum Gasteiger partial charge on any atom is 0.291 e. The predicted molar refractivity (Wildman–Crippen MR) is 125 cm³/mol. The third-order valence-electron chi connectivity index (χ3n) is 5.65. The maximum atomic E-state index is 12.7. The molecule has 0 aliphatic carbocycles. The maximum absolute atomic E-state index is 12.7. The number of nitro groups is 1. The number of hydrogen-bond acceptors (Lipinski definition) is 6. The Balaban J connectivity index is 1.50. The number of carbonyl (C=O) groups is 1. The van der Waals surface area contributed by atoms with E-state index >= 15 is 0 Å². The van der Waals surface area contributed by atoms with Gasteiger partial charge in [0.25, 0.3) is 11.6 Å². The van der Waals surface area contributed by atoms with Crippen molar-refractivity contribution in [3.63, 3.8) is 0 Å². The van der Waals surface area contributed by atoms with E-state index in [1.807, 2.05) is 32.0 Å². The van der Waals surface area contributed by atoms with Crippen LogP contribution in [-0.2, 0) is 6.54 Å². The number of ether oxygens (including phenoxy) is 1. The van der Waals surface area contributed by atoms with Gasteiger partial charge < -0.3 is 14.5 Å². The summed E-state index contributed by atoms with van der Waals surface area (Å²) in [5.41, 5.74) is 1.98. The SMILES string of the molecule is Cc1ccc(C)c(Oc2cc(NC(=O)c3ccc(CN4CCCCC4)o3)cc([N+](=O)[O-])c2)c1. The Bertz CT molecular complexity index is 1160. The van der Waals surface area contributed by atoms with Crippen LogP contribution in [0.25, 0.3) is 0 Å². The number of anilines is 1. The number of non-ortho nitro benzene ring substituents is 1. The molecule has 1 aliphatic rings. The molecule has 2 heterocycles. The summed E-state index contributed by atoms with van der Waals surface area (Å²) in [6.07, 6.45) is 3.60. The van der Waals surface area contributed by atoms with E-state index in [0.717, 1.165) is 30.0 Å². The molecule has 172 valence electrons. The fourth-order valence-corrected chi connectivity index (χ4v) is 3.88. The second-order valence-corrected chi connectivity index (χ2v) is 8.40. The topological polar surface area (TPSA) is 97.8 Å². The van der Waals surface area contributed by atoms with E-state index in [4.69, 9.17) is 9.15 Å². The first-order chi connectivity index (χ1) is 15.9. The second-order valence-electron chi connectivity index (χ2n) is 8.40. The third kappa shape index (κ3) is 5.78. The number of furan rings is 1. The Morgan fingerprint density at radius 3 is 2.64 bits per heavy atom. The smallest absolute Gasteiger partial charge is 0.291 e. The molecule has 8 nitrogen and oxygen atoms in total. The highest BCUT2D eigenvalue weighted by Gasteiger charge is 2.18. The number of aryl methyl sites for hydroxylation is 2. The lowest BCUT2D eigenvalue weighted by Gasteiger charge is -2.25. The highest BCUT2D eigenvalue weighted by atomic mass is 16.6. The Morgan fingerprint density at radius 1 is 1.09 bits per heavy atom. The molecule has 1 saturated heterocycles. The van der Waals surface area contributed by atoms with E-state index in [-0.39, 0.29) is 22.9 Å². The minimum atomic E-state index is -0.519. The first kappa shape index (κ1) is 22.5. The molecule has 1 aliphatic heterocycles. The summed E-state index contributed by atoms with van der Waals surface area (Å²) in [7, 11) is 0. The number of carbonyl (C=O) groups excluding carboxylic acids is 1. The van der Waals surface area contributed by atoms with Crippen LogP contribution in [0, 0.1) is 24.0 Å². The average Bonchev–Trinajstić information content (AvgIpc) is 3.25. The number of hydrogen-bond donors (Lipinski definition) is 1. The van der Waals surface area contributed by atoms with Crippen LogP contribution in [0.2, 0.25) is 0 Å². The molecule has 0 atom stereocenters. The van der Waals surface area contributed by atoms with Gasteiger partial charge in [0, 0.05) is 12.1 Å². The Morgan fingerprint density at radius 2 is 1.88 bits per heavy atom. The van der Waals surface area contributed by atoms with Crippen LogP contribution in [0.5, 0.6) is 11.5 Å². The van der Waals surface area contributed by atoms with Gasteiger partial charge in [-0.2, -0.15) is 0 Å². The summed E-state index contributed by atoms with van der Waals surface area (Å²) in [5.74, 6) is 1.27. The van der Waals surface area contributed by atoms with Gasteiger partial charge in [-0.3, -0.25) is 19.8 Å². The van der Waals surface area contributed by atoms with Crippen molar-refractivity contribution in [2.24, 2.45) is 0 Å². The average molecular weight is 450 g/mol. The molecule has 0 radical (unpaired) electrons. The van der Waals surface area contributed by atoms with Crippen molar-refractivity contribution in [1.82, 2.24) is 4.90 Å². The van der Waals surface area contributed by atoms with Gasteiger partial charge in [-0.15, -0.1) is 0 Å². The Labute approximate surface area is 192 Å². The predicted octanol–water partition coefficient (Wildman–Crippen LogP) is 5.84. The summed E-state index contributed by atoms with van der Waals surface area (Å²) in [5, 5.41) is 14.1. The van der Waals surface area contributed by atoms with Crippen LogP contribution < -0.4 is 10.1 Å². The second kappa shape index (κ2) is 9.87. The van der Waals surface area contributed by atoms with Crippen molar-refractivity contribution in [3.05, 3.63) is 81.3 Å². The van der Waals surface area contributed by atoms with Crippen LogP contribution in [0.3, 0.4) is 0 Å². The van der Waals surface area contributed by atoms with E-state index in [9.17, 15) is 14.9 Å². The molecule has 0 saturated carbocycles. The number of nitrogens with one attached hydrogen (secondary N) is 1. The largest absolute Gasteiger partial charge is 0.457 e. The lowest BCUT2D eigenvalue weighted by Crippen LogP contribution is -2.28. The molecule has 1 fully saturated rings. The van der Waals surface area contributed by atoms with Crippen LogP contribution in [0.1, 0.15) is 46.7 Å². The summed E-state index contributed by atoms with van der Waals surface area (Å²) < 4.78 is 11.6. The molecule has 0 unspecified atom stereocenters. The van der Waals surface area contributed by atoms with E-state index in [1.165, 1.54) is 31.4 Å². The molecular weight excluding hydrogens is 422 g/mol. The van der Waals surface area contributed by atoms with Gasteiger partial charge in [-0.1, -0.05) is 18.6 Å². The molecule has 1 amide bonds. The van der Waals surface area contributed by atoms with Crippen molar-refractivity contribution < 1.29 is 18.9 Å². The number of piperidine rings is 1. The molecule has 0 bridgehead atoms. The number of benzene rings is 2. The molecule has 2 aromatic carbocycles. The first-order valence-corrected chi connectivity index (χ1v) is 11.0.